The van der Waals surface area contributed by atoms with Crippen molar-refractivity contribution in [3.8, 4) is 0 Å². The smallest absolute Gasteiger partial charge is 0.243 e. The van der Waals surface area contributed by atoms with Crippen LogP contribution < -0.4 is 10.5 Å². The Morgan fingerprint density at radius 2 is 2.00 bits per heavy atom. The third-order valence-electron chi connectivity index (χ3n) is 2.85. The highest BCUT2D eigenvalue weighted by atomic mass is 32.2. The Labute approximate surface area is 122 Å². The predicted octanol–water partition coefficient (Wildman–Crippen LogP) is 1.38. The normalized spacial score (nSPS) is 12.5. The van der Waals surface area contributed by atoms with E-state index in [2.05, 4.69) is 14.7 Å². The number of sulfonamides is 1. The summed E-state index contributed by atoms with van der Waals surface area (Å²) in [5.41, 5.74) is 5.06. The molecule has 2 aromatic rings. The Kier molecular flexibility index (Phi) is 4.07. The minimum absolute atomic E-state index is 0.00804. The number of nitrogen functional groups attached to an aromatic ring is 1. The standard InChI is InChI=1S/C12H16N4O2S2/c1-12(2,10-4-3-5-19-10)8-16-20(17,18)9-6-14-11(13)15-7-9/h3-7,16H,8H2,1-2H3,(H2,13,14,15). The van der Waals surface area contributed by atoms with Crippen molar-refractivity contribution in [2.24, 2.45) is 0 Å². The molecule has 2 rings (SSSR count). The van der Waals surface area contributed by atoms with Gasteiger partial charge in [0.15, 0.2) is 0 Å². The first kappa shape index (κ1) is 14.9. The van der Waals surface area contributed by atoms with E-state index in [1.54, 1.807) is 11.3 Å². The molecule has 0 spiro atoms. The minimum Gasteiger partial charge on any atom is -0.368 e. The van der Waals surface area contributed by atoms with Crippen LogP contribution in [0.15, 0.2) is 34.8 Å². The van der Waals surface area contributed by atoms with E-state index in [4.69, 9.17) is 5.73 Å². The fraction of sp³-hybridized carbons (Fsp3) is 0.333. The van der Waals surface area contributed by atoms with Crippen LogP contribution in [0.2, 0.25) is 0 Å². The number of thiophene rings is 1. The number of rotatable bonds is 5. The molecule has 0 fully saturated rings. The minimum atomic E-state index is -3.63. The maximum absolute atomic E-state index is 12.1. The zero-order valence-electron chi connectivity index (χ0n) is 11.2. The van der Waals surface area contributed by atoms with E-state index in [9.17, 15) is 8.42 Å². The van der Waals surface area contributed by atoms with Crippen molar-refractivity contribution in [2.75, 3.05) is 12.3 Å². The van der Waals surface area contributed by atoms with Gasteiger partial charge in [0.05, 0.1) is 12.4 Å². The van der Waals surface area contributed by atoms with Gasteiger partial charge in [0, 0.05) is 16.8 Å². The topological polar surface area (TPSA) is 98.0 Å². The van der Waals surface area contributed by atoms with Crippen LogP contribution in [-0.2, 0) is 15.4 Å². The molecule has 8 heteroatoms. The number of nitrogens with zero attached hydrogens (tertiary/aromatic N) is 2. The van der Waals surface area contributed by atoms with Gasteiger partial charge in [-0.05, 0) is 11.4 Å². The number of nitrogens with one attached hydrogen (secondary N) is 1. The molecule has 0 saturated carbocycles. The lowest BCUT2D eigenvalue weighted by atomic mass is 9.92. The lowest BCUT2D eigenvalue weighted by Crippen LogP contribution is -2.36. The highest BCUT2D eigenvalue weighted by molar-refractivity contribution is 7.89. The summed E-state index contributed by atoms with van der Waals surface area (Å²) in [5.74, 6) is 0.0443. The molecule has 0 aromatic carbocycles. The molecule has 20 heavy (non-hydrogen) atoms. The van der Waals surface area contributed by atoms with Gasteiger partial charge in [0.1, 0.15) is 4.90 Å². The van der Waals surface area contributed by atoms with Crippen LogP contribution in [0.5, 0.6) is 0 Å². The zero-order chi connectivity index (χ0) is 14.8. The maximum Gasteiger partial charge on any atom is 0.243 e. The van der Waals surface area contributed by atoms with Crippen LogP contribution in [0, 0.1) is 0 Å². The van der Waals surface area contributed by atoms with Crippen molar-refractivity contribution in [3.05, 3.63) is 34.8 Å². The fourth-order valence-corrected chi connectivity index (χ4v) is 3.53. The average Bonchev–Trinajstić information content (AvgIpc) is 2.92. The molecule has 0 atom stereocenters. The summed E-state index contributed by atoms with van der Waals surface area (Å²) < 4.78 is 26.8. The Bertz CT molecular complexity index is 664. The second kappa shape index (κ2) is 5.47. The first-order valence-corrected chi connectivity index (χ1v) is 8.29. The van der Waals surface area contributed by atoms with Gasteiger partial charge in [-0.25, -0.2) is 23.1 Å². The molecule has 0 aliphatic rings. The largest absolute Gasteiger partial charge is 0.368 e. The van der Waals surface area contributed by atoms with E-state index in [0.29, 0.717) is 6.54 Å². The molecule has 0 unspecified atom stereocenters. The molecular formula is C12H16N4O2S2. The van der Waals surface area contributed by atoms with Gasteiger partial charge >= 0.3 is 0 Å². The molecule has 3 N–H and O–H groups in total. The van der Waals surface area contributed by atoms with Crippen molar-refractivity contribution in [1.29, 1.82) is 0 Å². The van der Waals surface area contributed by atoms with E-state index in [0.717, 1.165) is 4.88 Å². The van der Waals surface area contributed by atoms with Gasteiger partial charge < -0.3 is 5.73 Å². The van der Waals surface area contributed by atoms with E-state index in [1.165, 1.54) is 12.4 Å². The molecule has 2 heterocycles. The Morgan fingerprint density at radius 1 is 1.35 bits per heavy atom. The Morgan fingerprint density at radius 3 is 2.55 bits per heavy atom. The first-order chi connectivity index (χ1) is 9.31. The summed E-state index contributed by atoms with van der Waals surface area (Å²) in [7, 11) is -3.63. The van der Waals surface area contributed by atoms with Crippen molar-refractivity contribution >= 4 is 27.3 Å². The predicted molar refractivity (Wildman–Crippen MR) is 79.0 cm³/mol. The number of nitrogens with two attached hydrogens (primary N) is 1. The SMILES string of the molecule is CC(C)(CNS(=O)(=O)c1cnc(N)nc1)c1cccs1. The Hall–Kier alpha value is -1.51. The van der Waals surface area contributed by atoms with Crippen LogP contribution in [0.25, 0.3) is 0 Å². The average molecular weight is 312 g/mol. The molecule has 0 saturated heterocycles. The molecule has 6 nitrogen and oxygen atoms in total. The maximum atomic E-state index is 12.1. The van der Waals surface area contributed by atoms with Gasteiger partial charge in [-0.1, -0.05) is 19.9 Å². The third kappa shape index (κ3) is 3.33. The van der Waals surface area contributed by atoms with Crippen LogP contribution in [0.1, 0.15) is 18.7 Å². The van der Waals surface area contributed by atoms with E-state index in [1.807, 2.05) is 31.4 Å². The molecule has 0 aliphatic heterocycles. The zero-order valence-corrected chi connectivity index (χ0v) is 12.8. The number of aromatic nitrogens is 2. The molecule has 108 valence electrons. The lowest BCUT2D eigenvalue weighted by molar-refractivity contribution is 0.509. The van der Waals surface area contributed by atoms with Gasteiger partial charge in [0.25, 0.3) is 0 Å². The quantitative estimate of drug-likeness (QED) is 0.869. The highest BCUT2D eigenvalue weighted by Gasteiger charge is 2.25. The van der Waals surface area contributed by atoms with Gasteiger partial charge in [-0.3, -0.25) is 0 Å². The molecule has 0 aliphatic carbocycles. The van der Waals surface area contributed by atoms with E-state index >= 15 is 0 Å². The Balaban J connectivity index is 2.12. The molecule has 0 amide bonds. The van der Waals surface area contributed by atoms with Gasteiger partial charge in [-0.15, -0.1) is 11.3 Å². The van der Waals surface area contributed by atoms with Gasteiger partial charge in [-0.2, -0.15) is 0 Å². The second-order valence-corrected chi connectivity index (χ2v) is 7.68. The summed E-state index contributed by atoms with van der Waals surface area (Å²) in [6.07, 6.45) is 2.39. The van der Waals surface area contributed by atoms with Gasteiger partial charge in [0.2, 0.25) is 16.0 Å². The van der Waals surface area contributed by atoms with Crippen LogP contribution in [0.4, 0.5) is 5.95 Å². The summed E-state index contributed by atoms with van der Waals surface area (Å²) in [6, 6.07) is 3.94. The molecule has 0 radical (unpaired) electrons. The van der Waals surface area contributed by atoms with Crippen LogP contribution >= 0.6 is 11.3 Å². The first-order valence-electron chi connectivity index (χ1n) is 5.92. The molecule has 2 aromatic heterocycles. The van der Waals surface area contributed by atoms with Crippen molar-refractivity contribution in [3.63, 3.8) is 0 Å². The second-order valence-electron chi connectivity index (χ2n) is 4.96. The molecule has 0 bridgehead atoms. The summed E-state index contributed by atoms with van der Waals surface area (Å²) in [5, 5.41) is 1.97. The van der Waals surface area contributed by atoms with Crippen molar-refractivity contribution in [2.45, 2.75) is 24.2 Å². The number of hydrogen-bond donors (Lipinski definition) is 2. The van der Waals surface area contributed by atoms with E-state index in [-0.39, 0.29) is 16.3 Å². The highest BCUT2D eigenvalue weighted by Crippen LogP contribution is 2.27. The third-order valence-corrected chi connectivity index (χ3v) is 5.44. The fourth-order valence-electron chi connectivity index (χ4n) is 1.57. The lowest BCUT2D eigenvalue weighted by Gasteiger charge is -2.23. The summed E-state index contributed by atoms with van der Waals surface area (Å²) in [6.45, 7) is 4.27. The van der Waals surface area contributed by atoms with Crippen molar-refractivity contribution < 1.29 is 8.42 Å². The summed E-state index contributed by atoms with van der Waals surface area (Å²) >= 11 is 1.60. The number of anilines is 1. The number of hydrogen-bond acceptors (Lipinski definition) is 6. The van der Waals surface area contributed by atoms with Crippen molar-refractivity contribution in [1.82, 2.24) is 14.7 Å². The van der Waals surface area contributed by atoms with E-state index < -0.39 is 10.0 Å². The van der Waals surface area contributed by atoms with Crippen LogP contribution in [-0.4, -0.2) is 24.9 Å². The monoisotopic (exact) mass is 312 g/mol. The molecular weight excluding hydrogens is 296 g/mol. The van der Waals surface area contributed by atoms with Crippen LogP contribution in [0.3, 0.4) is 0 Å². The summed E-state index contributed by atoms with van der Waals surface area (Å²) in [4.78, 5) is 8.51.